The number of amides is 1. The molecule has 0 saturated heterocycles. The summed E-state index contributed by atoms with van der Waals surface area (Å²) >= 11 is 1.49. The summed E-state index contributed by atoms with van der Waals surface area (Å²) in [7, 11) is 0. The molecule has 3 aromatic rings. The van der Waals surface area contributed by atoms with Crippen molar-refractivity contribution in [1.29, 1.82) is 0 Å². The van der Waals surface area contributed by atoms with Crippen LogP contribution in [-0.4, -0.2) is 28.5 Å². The van der Waals surface area contributed by atoms with Gasteiger partial charge < -0.3 is 14.8 Å². The number of nitrogens with zero attached hydrogens (tertiary/aromatic N) is 2. The molecule has 0 atom stereocenters. The third-order valence-corrected chi connectivity index (χ3v) is 3.90. The van der Waals surface area contributed by atoms with Crippen molar-refractivity contribution in [3.63, 3.8) is 0 Å². The summed E-state index contributed by atoms with van der Waals surface area (Å²) in [5, 5.41) is 4.73. The van der Waals surface area contributed by atoms with Gasteiger partial charge in [-0.3, -0.25) is 9.20 Å². The first-order chi connectivity index (χ1) is 10.3. The van der Waals surface area contributed by atoms with Crippen molar-refractivity contribution in [2.45, 2.75) is 0 Å². The van der Waals surface area contributed by atoms with E-state index in [9.17, 15) is 4.79 Å². The third kappa shape index (κ3) is 2.21. The maximum Gasteiger partial charge on any atom is 0.275 e. The number of hydrogen-bond donors (Lipinski definition) is 1. The summed E-state index contributed by atoms with van der Waals surface area (Å²) in [5.41, 5.74) is 1.04. The first kappa shape index (κ1) is 12.2. The van der Waals surface area contributed by atoms with E-state index in [1.807, 2.05) is 16.0 Å². The monoisotopic (exact) mass is 301 g/mol. The molecule has 21 heavy (non-hydrogen) atoms. The summed E-state index contributed by atoms with van der Waals surface area (Å²) < 4.78 is 12.8. The van der Waals surface area contributed by atoms with Crippen LogP contribution in [0, 0.1) is 0 Å². The standard InChI is InChI=1S/C14H11N3O3S/c18-13(10-8-17-3-6-21-14(17)16-10)15-9-1-2-11-12(7-9)20-5-4-19-11/h1-3,6-8H,4-5H2,(H,15,18). The Morgan fingerprint density at radius 1 is 1.29 bits per heavy atom. The van der Waals surface area contributed by atoms with E-state index in [0.29, 0.717) is 36.1 Å². The van der Waals surface area contributed by atoms with Crippen molar-refractivity contribution < 1.29 is 14.3 Å². The lowest BCUT2D eigenvalue weighted by Crippen LogP contribution is -2.16. The van der Waals surface area contributed by atoms with Crippen LogP contribution >= 0.6 is 11.3 Å². The van der Waals surface area contributed by atoms with Crippen molar-refractivity contribution in [2.75, 3.05) is 18.5 Å². The van der Waals surface area contributed by atoms with Crippen LogP contribution in [0.15, 0.2) is 36.0 Å². The van der Waals surface area contributed by atoms with Crippen molar-refractivity contribution in [2.24, 2.45) is 0 Å². The van der Waals surface area contributed by atoms with Gasteiger partial charge in [0.05, 0.1) is 0 Å². The van der Waals surface area contributed by atoms with Gasteiger partial charge in [0, 0.05) is 29.5 Å². The molecule has 0 bridgehead atoms. The quantitative estimate of drug-likeness (QED) is 0.789. The number of thiazole rings is 1. The second-order valence-corrected chi connectivity index (χ2v) is 5.40. The van der Waals surface area contributed by atoms with E-state index in [-0.39, 0.29) is 5.91 Å². The SMILES string of the molecule is O=C(Nc1ccc2c(c1)OCCO2)c1cn2ccsc2n1. The Bertz CT molecular complexity index is 795. The van der Waals surface area contributed by atoms with Crippen LogP contribution in [0.4, 0.5) is 5.69 Å². The zero-order valence-corrected chi connectivity index (χ0v) is 11.7. The second kappa shape index (κ2) is 4.78. The van der Waals surface area contributed by atoms with Crippen LogP contribution in [-0.2, 0) is 0 Å². The van der Waals surface area contributed by atoms with Gasteiger partial charge in [-0.2, -0.15) is 0 Å². The number of anilines is 1. The molecule has 4 rings (SSSR count). The molecule has 1 N–H and O–H groups in total. The highest BCUT2D eigenvalue weighted by Crippen LogP contribution is 2.32. The van der Waals surface area contributed by atoms with Gasteiger partial charge in [0.15, 0.2) is 16.5 Å². The fourth-order valence-electron chi connectivity index (χ4n) is 2.15. The number of fused-ring (bicyclic) bond motifs is 2. The predicted octanol–water partition coefficient (Wildman–Crippen LogP) is 2.42. The van der Waals surface area contributed by atoms with Crippen molar-refractivity contribution in [3.8, 4) is 11.5 Å². The van der Waals surface area contributed by atoms with Crippen LogP contribution in [0.5, 0.6) is 11.5 Å². The van der Waals surface area contributed by atoms with Crippen LogP contribution in [0.2, 0.25) is 0 Å². The number of aromatic nitrogens is 2. The molecular formula is C14H11N3O3S. The maximum absolute atomic E-state index is 12.2. The Hall–Kier alpha value is -2.54. The summed E-state index contributed by atoms with van der Waals surface area (Å²) in [6.07, 6.45) is 3.58. The smallest absolute Gasteiger partial charge is 0.275 e. The Kier molecular flexibility index (Phi) is 2.78. The molecule has 106 valence electrons. The average Bonchev–Trinajstić information content (AvgIpc) is 3.08. The van der Waals surface area contributed by atoms with Gasteiger partial charge in [-0.05, 0) is 12.1 Å². The molecule has 6 nitrogen and oxygen atoms in total. The highest BCUT2D eigenvalue weighted by atomic mass is 32.1. The zero-order valence-electron chi connectivity index (χ0n) is 10.9. The minimum Gasteiger partial charge on any atom is -0.486 e. The van der Waals surface area contributed by atoms with Crippen molar-refractivity contribution in [1.82, 2.24) is 9.38 Å². The second-order valence-electron chi connectivity index (χ2n) is 4.53. The maximum atomic E-state index is 12.2. The van der Waals surface area contributed by atoms with Crippen molar-refractivity contribution in [3.05, 3.63) is 41.7 Å². The number of benzene rings is 1. The van der Waals surface area contributed by atoms with Gasteiger partial charge in [0.1, 0.15) is 18.9 Å². The van der Waals surface area contributed by atoms with E-state index in [2.05, 4.69) is 10.3 Å². The van der Waals surface area contributed by atoms with Gasteiger partial charge in [0.2, 0.25) is 0 Å². The number of carbonyl (C=O) groups excluding carboxylic acids is 1. The number of ether oxygens (including phenoxy) is 2. The molecular weight excluding hydrogens is 290 g/mol. The molecule has 0 saturated carbocycles. The van der Waals surface area contributed by atoms with E-state index >= 15 is 0 Å². The molecule has 0 fully saturated rings. The number of nitrogens with one attached hydrogen (secondary N) is 1. The zero-order chi connectivity index (χ0) is 14.2. The van der Waals surface area contributed by atoms with Crippen LogP contribution in [0.1, 0.15) is 10.5 Å². The summed E-state index contributed by atoms with van der Waals surface area (Å²) in [5.74, 6) is 1.09. The fourth-order valence-corrected chi connectivity index (χ4v) is 2.85. The van der Waals surface area contributed by atoms with E-state index < -0.39 is 0 Å². The highest BCUT2D eigenvalue weighted by Gasteiger charge is 2.15. The van der Waals surface area contributed by atoms with E-state index in [1.165, 1.54) is 11.3 Å². The number of carbonyl (C=O) groups is 1. The van der Waals surface area contributed by atoms with E-state index in [1.54, 1.807) is 24.4 Å². The molecule has 0 radical (unpaired) electrons. The molecule has 3 heterocycles. The lowest BCUT2D eigenvalue weighted by molar-refractivity contribution is 0.102. The minimum absolute atomic E-state index is 0.248. The molecule has 0 spiro atoms. The lowest BCUT2D eigenvalue weighted by atomic mass is 10.2. The summed E-state index contributed by atoms with van der Waals surface area (Å²) in [4.78, 5) is 17.3. The summed E-state index contributed by atoms with van der Waals surface area (Å²) in [6, 6.07) is 5.32. The lowest BCUT2D eigenvalue weighted by Gasteiger charge is -2.18. The Morgan fingerprint density at radius 3 is 3.00 bits per heavy atom. The number of rotatable bonds is 2. The van der Waals surface area contributed by atoms with Crippen LogP contribution in [0.3, 0.4) is 0 Å². The first-order valence-electron chi connectivity index (χ1n) is 6.43. The normalized spacial score (nSPS) is 13.3. The van der Waals surface area contributed by atoms with Crippen LogP contribution < -0.4 is 14.8 Å². The molecule has 0 unspecified atom stereocenters. The van der Waals surface area contributed by atoms with Gasteiger partial charge in [-0.15, -0.1) is 11.3 Å². The number of hydrogen-bond acceptors (Lipinski definition) is 5. The molecule has 1 aromatic carbocycles. The third-order valence-electron chi connectivity index (χ3n) is 3.13. The largest absolute Gasteiger partial charge is 0.486 e. The molecule has 2 aromatic heterocycles. The minimum atomic E-state index is -0.248. The van der Waals surface area contributed by atoms with E-state index in [0.717, 1.165) is 4.96 Å². The Balaban J connectivity index is 1.57. The Labute approximate surface area is 123 Å². The molecule has 7 heteroatoms. The topological polar surface area (TPSA) is 64.9 Å². The summed E-state index contributed by atoms with van der Waals surface area (Å²) in [6.45, 7) is 1.06. The predicted molar refractivity (Wildman–Crippen MR) is 78.5 cm³/mol. The molecule has 0 aliphatic carbocycles. The first-order valence-corrected chi connectivity index (χ1v) is 7.31. The van der Waals surface area contributed by atoms with Gasteiger partial charge in [-0.1, -0.05) is 0 Å². The van der Waals surface area contributed by atoms with E-state index in [4.69, 9.17) is 9.47 Å². The highest BCUT2D eigenvalue weighted by molar-refractivity contribution is 7.15. The average molecular weight is 301 g/mol. The van der Waals surface area contributed by atoms with Crippen molar-refractivity contribution >= 4 is 27.9 Å². The molecule has 1 aliphatic heterocycles. The van der Waals surface area contributed by atoms with Gasteiger partial charge >= 0.3 is 0 Å². The fraction of sp³-hybridized carbons (Fsp3) is 0.143. The van der Waals surface area contributed by atoms with Gasteiger partial charge in [-0.25, -0.2) is 4.98 Å². The Morgan fingerprint density at radius 2 is 2.14 bits per heavy atom. The molecule has 1 amide bonds. The van der Waals surface area contributed by atoms with Gasteiger partial charge in [0.25, 0.3) is 5.91 Å². The van der Waals surface area contributed by atoms with Crippen LogP contribution in [0.25, 0.3) is 4.96 Å². The molecule has 1 aliphatic rings. The number of imidazole rings is 1.